The van der Waals surface area contributed by atoms with Gasteiger partial charge in [-0.05, 0) is 74.7 Å². The Kier molecular flexibility index (Phi) is 9.75. The van der Waals surface area contributed by atoms with Crippen LogP contribution in [0.2, 0.25) is 0 Å². The Bertz CT molecular complexity index is 1790. The second-order valence-corrected chi connectivity index (χ2v) is 12.9. The van der Waals surface area contributed by atoms with Crippen LogP contribution in [0.25, 0.3) is 33.4 Å². The molecule has 4 rings (SSSR count). The van der Waals surface area contributed by atoms with E-state index in [1.807, 2.05) is 0 Å². The van der Waals surface area contributed by atoms with Gasteiger partial charge in [-0.2, -0.15) is 0 Å². The predicted molar refractivity (Wildman–Crippen MR) is 166 cm³/mol. The van der Waals surface area contributed by atoms with Gasteiger partial charge in [-0.25, -0.2) is 12.8 Å². The van der Waals surface area contributed by atoms with Crippen molar-refractivity contribution >= 4 is 38.5 Å². The van der Waals surface area contributed by atoms with E-state index in [0.717, 1.165) is 10.6 Å². The summed E-state index contributed by atoms with van der Waals surface area (Å²) < 4.78 is 60.2. The van der Waals surface area contributed by atoms with E-state index in [9.17, 15) is 31.9 Å². The smallest absolute Gasteiger partial charge is 0.255 e. The number of hydrogen-bond acceptors (Lipinski definition) is 6. The molecule has 4 aromatic rings. The van der Waals surface area contributed by atoms with Gasteiger partial charge in [0.1, 0.15) is 17.2 Å². The van der Waals surface area contributed by atoms with Crippen molar-refractivity contribution in [3.8, 4) is 22.5 Å². The molecule has 1 aromatic heterocycles. The molecular weight excluding hydrogens is 592 g/mol. The number of aliphatic hydroxyl groups is 1. The van der Waals surface area contributed by atoms with Gasteiger partial charge in [-0.15, -0.1) is 0 Å². The van der Waals surface area contributed by atoms with Crippen molar-refractivity contribution in [3.05, 3.63) is 77.6 Å². The number of carbonyl (C=O) groups is 2. The minimum absolute atomic E-state index is 0.0740. The molecule has 0 fully saturated rings. The molecular formula is C32H35F2N3O6S. The monoisotopic (exact) mass is 627 g/mol. The van der Waals surface area contributed by atoms with Crippen molar-refractivity contribution in [1.82, 2.24) is 10.6 Å². The number of halogens is 2. The van der Waals surface area contributed by atoms with Gasteiger partial charge < -0.3 is 20.2 Å². The van der Waals surface area contributed by atoms with Crippen LogP contribution in [0, 0.1) is 5.82 Å². The molecule has 0 atom stereocenters. The lowest BCUT2D eigenvalue weighted by Crippen LogP contribution is -2.44. The van der Waals surface area contributed by atoms with E-state index in [4.69, 9.17) is 4.42 Å². The second kappa shape index (κ2) is 13.1. The number of furan rings is 1. The number of aliphatic hydroxyl groups excluding tert-OH is 1. The fraction of sp³-hybridized carbons (Fsp3) is 0.312. The third-order valence-corrected chi connectivity index (χ3v) is 8.34. The van der Waals surface area contributed by atoms with E-state index in [1.165, 1.54) is 37.4 Å². The van der Waals surface area contributed by atoms with Crippen LogP contribution in [0.3, 0.4) is 0 Å². The first-order valence-electron chi connectivity index (χ1n) is 14.0. The van der Waals surface area contributed by atoms with E-state index < -0.39 is 39.9 Å². The molecule has 0 saturated heterocycles. The van der Waals surface area contributed by atoms with Crippen molar-refractivity contribution in [3.63, 3.8) is 0 Å². The summed E-state index contributed by atoms with van der Waals surface area (Å²) in [5, 5.41) is 15.2. The highest BCUT2D eigenvalue weighted by Crippen LogP contribution is 2.42. The first-order chi connectivity index (χ1) is 20.8. The predicted octanol–water partition coefficient (Wildman–Crippen LogP) is 5.28. The largest absolute Gasteiger partial charge is 0.455 e. The summed E-state index contributed by atoms with van der Waals surface area (Å²) in [6.45, 7) is 2.53. The van der Waals surface area contributed by atoms with Gasteiger partial charge in [0.15, 0.2) is 0 Å². The Hall–Kier alpha value is -4.29. The van der Waals surface area contributed by atoms with Crippen LogP contribution in [-0.2, 0) is 10.0 Å². The summed E-state index contributed by atoms with van der Waals surface area (Å²) in [7, 11) is -2.47. The summed E-state index contributed by atoms with van der Waals surface area (Å²) in [6.07, 6.45) is 1.26. The Morgan fingerprint density at radius 3 is 2.34 bits per heavy atom. The topological polar surface area (TPSA) is 129 Å². The molecule has 0 radical (unpaired) electrons. The standard InChI is InChI=1S/C32H35F2N3O6S/c1-32(2,13-16-38)36-30(39)22-8-5-7-21(17-22)24-18-25-27(19-26(24)37(15-6-14-33)44(4,41)42)43-29(28(25)31(40)35-3)20-9-11-23(34)12-10-20/h5,7-12,17-19,38H,6,13-16H2,1-4H3,(H,35,40)(H,36,39). The fourth-order valence-corrected chi connectivity index (χ4v) is 5.91. The maximum atomic E-state index is 13.7. The number of nitrogens with one attached hydrogen (secondary N) is 2. The minimum Gasteiger partial charge on any atom is -0.455 e. The summed E-state index contributed by atoms with van der Waals surface area (Å²) in [5.74, 6) is -1.22. The Morgan fingerprint density at radius 1 is 1.02 bits per heavy atom. The molecule has 1 heterocycles. The van der Waals surface area contributed by atoms with Gasteiger partial charge in [0.25, 0.3) is 11.8 Å². The van der Waals surface area contributed by atoms with E-state index in [0.29, 0.717) is 28.5 Å². The summed E-state index contributed by atoms with van der Waals surface area (Å²) in [6, 6.07) is 15.0. The van der Waals surface area contributed by atoms with Crippen molar-refractivity contribution in [2.75, 3.05) is 37.4 Å². The van der Waals surface area contributed by atoms with Crippen molar-refractivity contribution < 1.29 is 36.3 Å². The molecule has 0 aliphatic heterocycles. The quantitative estimate of drug-likeness (QED) is 0.196. The van der Waals surface area contributed by atoms with Gasteiger partial charge in [0.05, 0.1) is 24.2 Å². The zero-order valence-electron chi connectivity index (χ0n) is 24.9. The lowest BCUT2D eigenvalue weighted by Gasteiger charge is -2.26. The molecule has 0 aliphatic rings. The van der Waals surface area contributed by atoms with Crippen molar-refractivity contribution in [1.29, 1.82) is 0 Å². The molecule has 234 valence electrons. The maximum Gasteiger partial charge on any atom is 0.255 e. The molecule has 0 bridgehead atoms. The highest BCUT2D eigenvalue weighted by molar-refractivity contribution is 7.92. The third-order valence-electron chi connectivity index (χ3n) is 7.16. The summed E-state index contributed by atoms with van der Waals surface area (Å²) >= 11 is 0. The van der Waals surface area contributed by atoms with Crippen molar-refractivity contribution in [2.45, 2.75) is 32.2 Å². The minimum atomic E-state index is -3.93. The number of amides is 2. The molecule has 2 amide bonds. The molecule has 0 unspecified atom stereocenters. The summed E-state index contributed by atoms with van der Waals surface area (Å²) in [5.41, 5.74) is 1.30. The molecule has 3 aromatic carbocycles. The number of hydrogen-bond donors (Lipinski definition) is 3. The number of sulfonamides is 1. The number of rotatable bonds is 12. The zero-order chi connectivity index (χ0) is 32.2. The lowest BCUT2D eigenvalue weighted by molar-refractivity contribution is 0.0898. The zero-order valence-corrected chi connectivity index (χ0v) is 25.7. The molecule has 9 nitrogen and oxygen atoms in total. The lowest BCUT2D eigenvalue weighted by atomic mass is 9.96. The van der Waals surface area contributed by atoms with Crippen LogP contribution in [0.15, 0.2) is 65.1 Å². The van der Waals surface area contributed by atoms with Crippen LogP contribution < -0.4 is 14.9 Å². The van der Waals surface area contributed by atoms with Crippen LogP contribution in [0.5, 0.6) is 0 Å². The molecule has 44 heavy (non-hydrogen) atoms. The third kappa shape index (κ3) is 7.08. The highest BCUT2D eigenvalue weighted by atomic mass is 32.2. The Morgan fingerprint density at radius 2 is 1.73 bits per heavy atom. The van der Waals surface area contributed by atoms with Gasteiger partial charge in [0.2, 0.25) is 10.0 Å². The summed E-state index contributed by atoms with van der Waals surface area (Å²) in [4.78, 5) is 26.4. The van der Waals surface area contributed by atoms with E-state index in [1.54, 1.807) is 44.2 Å². The fourth-order valence-electron chi connectivity index (χ4n) is 4.94. The number of fused-ring (bicyclic) bond motifs is 1. The SMILES string of the molecule is CNC(=O)c1c(-c2ccc(F)cc2)oc2cc(N(CCCF)S(C)(=O)=O)c(-c3cccc(C(=O)NC(C)(C)CCO)c3)cc12. The normalized spacial score (nSPS) is 11.9. The van der Waals surface area contributed by atoms with Crippen LogP contribution in [-0.4, -0.2) is 64.0 Å². The highest BCUT2D eigenvalue weighted by Gasteiger charge is 2.28. The molecule has 0 saturated carbocycles. The maximum absolute atomic E-state index is 13.7. The van der Waals surface area contributed by atoms with Crippen molar-refractivity contribution in [2.24, 2.45) is 0 Å². The van der Waals surface area contributed by atoms with Gasteiger partial charge in [-0.3, -0.25) is 18.3 Å². The number of benzene rings is 3. The number of carbonyl (C=O) groups excluding carboxylic acids is 2. The number of anilines is 1. The number of alkyl halides is 1. The molecule has 0 aliphatic carbocycles. The average molecular weight is 628 g/mol. The van der Waals surface area contributed by atoms with Crippen LogP contribution in [0.1, 0.15) is 47.4 Å². The second-order valence-electron chi connectivity index (χ2n) is 11.0. The molecule has 3 N–H and O–H groups in total. The Labute approximate surface area is 254 Å². The van der Waals surface area contributed by atoms with Gasteiger partial charge >= 0.3 is 0 Å². The van der Waals surface area contributed by atoms with E-state index >= 15 is 0 Å². The first-order valence-corrected chi connectivity index (χ1v) is 15.8. The van der Waals surface area contributed by atoms with Crippen LogP contribution in [0.4, 0.5) is 14.5 Å². The van der Waals surface area contributed by atoms with E-state index in [2.05, 4.69) is 10.6 Å². The molecule has 0 spiro atoms. The average Bonchev–Trinajstić information content (AvgIpc) is 3.34. The first kappa shape index (κ1) is 32.6. The van der Waals surface area contributed by atoms with E-state index in [-0.39, 0.29) is 47.7 Å². The Balaban J connectivity index is 2.00. The van der Waals surface area contributed by atoms with Gasteiger partial charge in [-0.1, -0.05) is 12.1 Å². The van der Waals surface area contributed by atoms with Gasteiger partial charge in [0, 0.05) is 53.9 Å². The molecule has 12 heteroatoms. The van der Waals surface area contributed by atoms with Crippen LogP contribution >= 0.6 is 0 Å². The number of nitrogens with zero attached hydrogens (tertiary/aromatic N) is 1.